The molecule has 50 heavy (non-hydrogen) atoms. The smallest absolute Gasteiger partial charge is 0.160 e. The van der Waals surface area contributed by atoms with Gasteiger partial charge in [0.2, 0.25) is 0 Å². The van der Waals surface area contributed by atoms with E-state index in [4.69, 9.17) is 9.97 Å². The van der Waals surface area contributed by atoms with Gasteiger partial charge in [0.25, 0.3) is 0 Å². The highest BCUT2D eigenvalue weighted by molar-refractivity contribution is 6.18. The van der Waals surface area contributed by atoms with Crippen molar-refractivity contribution in [2.75, 3.05) is 0 Å². The Balaban J connectivity index is 1.17. The maximum Gasteiger partial charge on any atom is 0.160 e. The fourth-order valence-corrected chi connectivity index (χ4v) is 7.29. The third-order valence-corrected chi connectivity index (χ3v) is 9.60. The van der Waals surface area contributed by atoms with E-state index in [1.807, 2.05) is 36.5 Å². The van der Waals surface area contributed by atoms with E-state index in [1.165, 1.54) is 27.2 Å². The molecule has 0 saturated carbocycles. The zero-order chi connectivity index (χ0) is 33.0. The van der Waals surface area contributed by atoms with Gasteiger partial charge in [-0.2, -0.15) is 0 Å². The van der Waals surface area contributed by atoms with E-state index in [2.05, 4.69) is 154 Å². The molecular formula is C45H29N5. The van der Waals surface area contributed by atoms with Crippen LogP contribution in [-0.4, -0.2) is 24.1 Å². The first kappa shape index (κ1) is 28.2. The van der Waals surface area contributed by atoms with Crippen molar-refractivity contribution in [2.45, 2.75) is 0 Å². The third kappa shape index (κ3) is 4.52. The quantitative estimate of drug-likeness (QED) is 0.188. The van der Waals surface area contributed by atoms with Crippen LogP contribution in [0.5, 0.6) is 0 Å². The van der Waals surface area contributed by atoms with E-state index in [0.29, 0.717) is 5.82 Å². The molecule has 5 nitrogen and oxygen atoms in total. The molecule has 0 aliphatic heterocycles. The fraction of sp³-hybridized carbons (Fsp3) is 0. The van der Waals surface area contributed by atoms with E-state index in [1.54, 1.807) is 0 Å². The molecule has 234 valence electrons. The molecule has 0 atom stereocenters. The molecule has 0 bridgehead atoms. The van der Waals surface area contributed by atoms with Crippen LogP contribution in [0, 0.1) is 0 Å². The van der Waals surface area contributed by atoms with Gasteiger partial charge in [0.05, 0.1) is 33.5 Å². The van der Waals surface area contributed by atoms with Gasteiger partial charge in [-0.3, -0.25) is 4.98 Å². The van der Waals surface area contributed by atoms with Crippen molar-refractivity contribution in [1.82, 2.24) is 24.1 Å². The zero-order valence-corrected chi connectivity index (χ0v) is 27.0. The Bertz CT molecular complexity index is 2850. The van der Waals surface area contributed by atoms with Gasteiger partial charge in [0, 0.05) is 62.0 Å². The second kappa shape index (κ2) is 11.4. The largest absolute Gasteiger partial charge is 0.315 e. The van der Waals surface area contributed by atoms with Crippen LogP contribution in [0.4, 0.5) is 0 Å². The highest BCUT2D eigenvalue weighted by Crippen LogP contribution is 2.39. The molecule has 0 aliphatic carbocycles. The minimum atomic E-state index is 0.688. The number of benzene rings is 6. The lowest BCUT2D eigenvalue weighted by molar-refractivity contribution is 1.11. The number of fused-ring (bicyclic) bond motifs is 6. The molecule has 0 N–H and O–H groups in total. The van der Waals surface area contributed by atoms with Crippen LogP contribution in [0.3, 0.4) is 0 Å². The van der Waals surface area contributed by atoms with Crippen LogP contribution in [0.2, 0.25) is 0 Å². The van der Waals surface area contributed by atoms with Gasteiger partial charge in [-0.05, 0) is 54.6 Å². The van der Waals surface area contributed by atoms with Gasteiger partial charge in [0.1, 0.15) is 0 Å². The Kier molecular flexibility index (Phi) is 6.42. The number of para-hydroxylation sites is 3. The molecule has 0 aliphatic rings. The number of hydrogen-bond acceptors (Lipinski definition) is 3. The SMILES string of the molecule is c1ccc(-n2ccc3ccc4c5ccccc5n(-c5cccc(-c6nc(-c7ccc(-c8ccccn8)cc7)c7ccccc7n6)c5)c4c32)cc1. The Hall–Kier alpha value is -6.85. The van der Waals surface area contributed by atoms with Crippen molar-refractivity contribution in [3.8, 4) is 45.3 Å². The third-order valence-electron chi connectivity index (χ3n) is 9.60. The van der Waals surface area contributed by atoms with E-state index in [9.17, 15) is 0 Å². The maximum atomic E-state index is 5.25. The summed E-state index contributed by atoms with van der Waals surface area (Å²) in [6.45, 7) is 0. The summed E-state index contributed by atoms with van der Waals surface area (Å²) in [6, 6.07) is 57.3. The van der Waals surface area contributed by atoms with Crippen molar-refractivity contribution in [3.63, 3.8) is 0 Å². The molecule has 4 aromatic heterocycles. The number of hydrogen-bond donors (Lipinski definition) is 0. The molecule has 5 heteroatoms. The zero-order valence-electron chi connectivity index (χ0n) is 27.0. The first-order chi connectivity index (χ1) is 24.8. The summed E-state index contributed by atoms with van der Waals surface area (Å²) in [4.78, 5) is 14.9. The summed E-state index contributed by atoms with van der Waals surface area (Å²) in [6.07, 6.45) is 4.00. The minimum Gasteiger partial charge on any atom is -0.315 e. The molecule has 0 spiro atoms. The Morgan fingerprint density at radius 3 is 2.08 bits per heavy atom. The lowest BCUT2D eigenvalue weighted by Crippen LogP contribution is -1.99. The first-order valence-electron chi connectivity index (χ1n) is 16.8. The lowest BCUT2D eigenvalue weighted by atomic mass is 10.0. The second-order valence-electron chi connectivity index (χ2n) is 12.5. The van der Waals surface area contributed by atoms with E-state index in [0.717, 1.165) is 55.9 Å². The summed E-state index contributed by atoms with van der Waals surface area (Å²) in [5.74, 6) is 0.688. The molecule has 10 rings (SSSR count). The molecule has 0 fully saturated rings. The van der Waals surface area contributed by atoms with Crippen LogP contribution in [0.1, 0.15) is 0 Å². The Labute approximate surface area is 288 Å². The summed E-state index contributed by atoms with van der Waals surface area (Å²) in [5, 5.41) is 4.64. The number of aromatic nitrogens is 5. The molecule has 0 saturated heterocycles. The number of rotatable bonds is 5. The van der Waals surface area contributed by atoms with Gasteiger partial charge in [-0.25, -0.2) is 9.97 Å². The molecule has 0 unspecified atom stereocenters. The van der Waals surface area contributed by atoms with E-state index >= 15 is 0 Å². The maximum absolute atomic E-state index is 5.25. The van der Waals surface area contributed by atoms with Crippen LogP contribution in [-0.2, 0) is 0 Å². The van der Waals surface area contributed by atoms with E-state index in [-0.39, 0.29) is 0 Å². The van der Waals surface area contributed by atoms with Gasteiger partial charge < -0.3 is 9.13 Å². The molecule has 10 aromatic rings. The topological polar surface area (TPSA) is 48.5 Å². The summed E-state index contributed by atoms with van der Waals surface area (Å²) >= 11 is 0. The molecule has 0 radical (unpaired) electrons. The van der Waals surface area contributed by atoms with Gasteiger partial charge in [-0.15, -0.1) is 0 Å². The van der Waals surface area contributed by atoms with Crippen molar-refractivity contribution >= 4 is 43.6 Å². The van der Waals surface area contributed by atoms with Crippen molar-refractivity contribution in [2.24, 2.45) is 0 Å². The molecule has 0 amide bonds. The number of pyridine rings is 1. The Morgan fingerprint density at radius 1 is 0.460 bits per heavy atom. The summed E-state index contributed by atoms with van der Waals surface area (Å²) < 4.78 is 4.70. The van der Waals surface area contributed by atoms with Crippen LogP contribution in [0.25, 0.3) is 88.9 Å². The average Bonchev–Trinajstić information content (AvgIpc) is 3.78. The minimum absolute atomic E-state index is 0.688. The van der Waals surface area contributed by atoms with Gasteiger partial charge >= 0.3 is 0 Å². The van der Waals surface area contributed by atoms with Crippen LogP contribution >= 0.6 is 0 Å². The molecule has 6 aromatic carbocycles. The van der Waals surface area contributed by atoms with Crippen LogP contribution in [0.15, 0.2) is 176 Å². The fourth-order valence-electron chi connectivity index (χ4n) is 7.29. The predicted molar refractivity (Wildman–Crippen MR) is 205 cm³/mol. The van der Waals surface area contributed by atoms with Crippen molar-refractivity contribution in [1.29, 1.82) is 0 Å². The first-order valence-corrected chi connectivity index (χ1v) is 16.8. The standard InChI is InChI=1S/C45H29N5/c1-2-12-34(13-3-1)49-28-26-32-24-25-37-36-15-5-7-19-41(36)50(44(37)43(32)49)35-14-10-11-33(29-35)45-47-40-18-6-4-16-38(40)42(48-45)31-22-20-30(21-23-31)39-17-8-9-27-46-39/h1-29H. The van der Waals surface area contributed by atoms with Crippen molar-refractivity contribution < 1.29 is 0 Å². The van der Waals surface area contributed by atoms with Crippen LogP contribution < -0.4 is 0 Å². The molecular weight excluding hydrogens is 611 g/mol. The highest BCUT2D eigenvalue weighted by Gasteiger charge is 2.19. The van der Waals surface area contributed by atoms with Crippen molar-refractivity contribution in [3.05, 3.63) is 176 Å². The second-order valence-corrected chi connectivity index (χ2v) is 12.5. The average molecular weight is 640 g/mol. The lowest BCUT2D eigenvalue weighted by Gasteiger charge is -2.14. The summed E-state index contributed by atoms with van der Waals surface area (Å²) in [5.41, 5.74) is 11.5. The number of nitrogens with zero attached hydrogens (tertiary/aromatic N) is 5. The van der Waals surface area contributed by atoms with Gasteiger partial charge in [-0.1, -0.05) is 109 Å². The highest BCUT2D eigenvalue weighted by atomic mass is 15.0. The predicted octanol–water partition coefficient (Wildman–Crippen LogP) is 11.1. The summed E-state index contributed by atoms with van der Waals surface area (Å²) in [7, 11) is 0. The normalized spacial score (nSPS) is 11.6. The molecule has 4 heterocycles. The van der Waals surface area contributed by atoms with Gasteiger partial charge in [0.15, 0.2) is 5.82 Å². The monoisotopic (exact) mass is 639 g/mol. The Morgan fingerprint density at radius 2 is 1.22 bits per heavy atom. The van der Waals surface area contributed by atoms with E-state index < -0.39 is 0 Å².